The second-order valence-electron chi connectivity index (χ2n) is 5.34. The van der Waals surface area contributed by atoms with Crippen molar-refractivity contribution in [1.82, 2.24) is 10.3 Å². The molecular formula is C16H21FN2OS. The molecule has 0 aliphatic rings. The van der Waals surface area contributed by atoms with Gasteiger partial charge in [-0.05, 0) is 18.5 Å². The predicted octanol–water partition coefficient (Wildman–Crippen LogP) is 3.74. The second-order valence-corrected chi connectivity index (χ2v) is 6.28. The lowest BCUT2D eigenvalue weighted by Gasteiger charge is -2.05. The number of halogens is 1. The molecule has 3 nitrogen and oxygen atoms in total. The summed E-state index contributed by atoms with van der Waals surface area (Å²) in [5, 5.41) is 6.41. The summed E-state index contributed by atoms with van der Waals surface area (Å²) in [4.78, 5) is 4.50. The highest BCUT2D eigenvalue weighted by Crippen LogP contribution is 2.13. The van der Waals surface area contributed by atoms with Crippen LogP contribution in [-0.4, -0.2) is 11.5 Å². The van der Waals surface area contributed by atoms with Crippen LogP contribution in [0.2, 0.25) is 0 Å². The molecule has 0 amide bonds. The number of hydrogen-bond donors (Lipinski definition) is 1. The van der Waals surface area contributed by atoms with E-state index in [1.807, 2.05) is 11.4 Å². The Morgan fingerprint density at radius 2 is 2.10 bits per heavy atom. The third-order valence-electron chi connectivity index (χ3n) is 2.89. The van der Waals surface area contributed by atoms with Gasteiger partial charge in [0.05, 0.1) is 18.9 Å². The Hall–Kier alpha value is -1.30. The van der Waals surface area contributed by atoms with Crippen LogP contribution in [0.25, 0.3) is 0 Å². The molecule has 0 radical (unpaired) electrons. The lowest BCUT2D eigenvalue weighted by atomic mass is 10.2. The van der Waals surface area contributed by atoms with Crippen LogP contribution < -0.4 is 5.32 Å². The van der Waals surface area contributed by atoms with Gasteiger partial charge in [0.2, 0.25) is 0 Å². The van der Waals surface area contributed by atoms with Crippen molar-refractivity contribution in [2.75, 3.05) is 6.54 Å². The van der Waals surface area contributed by atoms with Gasteiger partial charge in [-0.25, -0.2) is 9.37 Å². The van der Waals surface area contributed by atoms with Gasteiger partial charge >= 0.3 is 0 Å². The van der Waals surface area contributed by atoms with Gasteiger partial charge in [0.1, 0.15) is 10.8 Å². The van der Waals surface area contributed by atoms with Gasteiger partial charge in [-0.1, -0.05) is 32.0 Å². The lowest BCUT2D eigenvalue weighted by molar-refractivity contribution is 0.102. The number of thiazole rings is 1. The molecule has 0 aliphatic carbocycles. The fourth-order valence-corrected chi connectivity index (χ4v) is 2.59. The zero-order chi connectivity index (χ0) is 15.1. The molecule has 0 unspecified atom stereocenters. The molecule has 0 spiro atoms. The van der Waals surface area contributed by atoms with Crippen molar-refractivity contribution < 1.29 is 9.13 Å². The number of rotatable bonds is 8. The minimum atomic E-state index is -0.227. The van der Waals surface area contributed by atoms with Crippen molar-refractivity contribution in [2.24, 2.45) is 5.92 Å². The molecule has 0 saturated carbocycles. The van der Waals surface area contributed by atoms with E-state index in [0.717, 1.165) is 23.8 Å². The Labute approximate surface area is 129 Å². The minimum Gasteiger partial charge on any atom is -0.370 e. The SMILES string of the molecule is CC(C)CNCc1nc(COCc2ccccc2F)cs1. The summed E-state index contributed by atoms with van der Waals surface area (Å²) >= 11 is 1.62. The first-order valence-corrected chi connectivity index (χ1v) is 7.98. The van der Waals surface area contributed by atoms with Crippen molar-refractivity contribution in [2.45, 2.75) is 33.6 Å². The van der Waals surface area contributed by atoms with Gasteiger partial charge in [0, 0.05) is 17.5 Å². The molecule has 0 saturated heterocycles. The van der Waals surface area contributed by atoms with Crippen molar-refractivity contribution in [3.63, 3.8) is 0 Å². The number of ether oxygens (including phenoxy) is 1. The predicted molar refractivity (Wildman–Crippen MR) is 83.6 cm³/mol. The van der Waals surface area contributed by atoms with E-state index >= 15 is 0 Å². The van der Waals surface area contributed by atoms with Gasteiger partial charge in [-0.15, -0.1) is 11.3 Å². The largest absolute Gasteiger partial charge is 0.370 e. The topological polar surface area (TPSA) is 34.2 Å². The highest BCUT2D eigenvalue weighted by Gasteiger charge is 2.04. The normalized spacial score (nSPS) is 11.2. The van der Waals surface area contributed by atoms with Gasteiger partial charge < -0.3 is 10.1 Å². The van der Waals surface area contributed by atoms with Crippen molar-refractivity contribution in [3.05, 3.63) is 51.7 Å². The summed E-state index contributed by atoms with van der Waals surface area (Å²) in [6, 6.07) is 6.66. The maximum atomic E-state index is 13.4. The monoisotopic (exact) mass is 308 g/mol. The van der Waals surface area contributed by atoms with Gasteiger partial charge in [-0.2, -0.15) is 0 Å². The molecule has 1 heterocycles. The maximum Gasteiger partial charge on any atom is 0.128 e. The summed E-state index contributed by atoms with van der Waals surface area (Å²) in [6.07, 6.45) is 0. The van der Waals surface area contributed by atoms with Crippen LogP contribution in [0.5, 0.6) is 0 Å². The number of hydrogen-bond acceptors (Lipinski definition) is 4. The highest BCUT2D eigenvalue weighted by atomic mass is 32.1. The molecule has 0 atom stereocenters. The molecule has 2 rings (SSSR count). The van der Waals surface area contributed by atoms with Crippen molar-refractivity contribution in [3.8, 4) is 0 Å². The van der Waals surface area contributed by atoms with Crippen LogP contribution >= 0.6 is 11.3 Å². The molecule has 0 fully saturated rings. The Morgan fingerprint density at radius 1 is 1.29 bits per heavy atom. The first kappa shape index (κ1) is 16.1. The van der Waals surface area contributed by atoms with Gasteiger partial charge in [-0.3, -0.25) is 0 Å². The minimum absolute atomic E-state index is 0.227. The van der Waals surface area contributed by atoms with Crippen molar-refractivity contribution in [1.29, 1.82) is 0 Å². The molecular weight excluding hydrogens is 287 g/mol. The maximum absolute atomic E-state index is 13.4. The number of nitrogens with one attached hydrogen (secondary N) is 1. The van der Waals surface area contributed by atoms with Crippen LogP contribution in [0, 0.1) is 11.7 Å². The number of benzene rings is 1. The molecule has 5 heteroatoms. The smallest absolute Gasteiger partial charge is 0.128 e. The summed E-state index contributed by atoms with van der Waals surface area (Å²) in [7, 11) is 0. The molecule has 114 valence electrons. The molecule has 21 heavy (non-hydrogen) atoms. The third-order valence-corrected chi connectivity index (χ3v) is 3.79. The standard InChI is InChI=1S/C16H21FN2OS/c1-12(2)7-18-8-16-19-14(11-21-16)10-20-9-13-5-3-4-6-15(13)17/h3-6,11-12,18H,7-10H2,1-2H3. The molecule has 1 N–H and O–H groups in total. The van der Waals surface area contributed by atoms with Gasteiger partial charge in [0.25, 0.3) is 0 Å². The number of nitrogens with zero attached hydrogens (tertiary/aromatic N) is 1. The molecule has 1 aromatic heterocycles. The van der Waals surface area contributed by atoms with E-state index in [2.05, 4.69) is 24.1 Å². The molecule has 0 aliphatic heterocycles. The highest BCUT2D eigenvalue weighted by molar-refractivity contribution is 7.09. The van der Waals surface area contributed by atoms with E-state index in [1.54, 1.807) is 23.5 Å². The van der Waals surface area contributed by atoms with E-state index in [4.69, 9.17) is 4.74 Å². The first-order chi connectivity index (χ1) is 10.1. The molecule has 2 aromatic rings. The van der Waals surface area contributed by atoms with Crippen LogP contribution in [0.1, 0.15) is 30.1 Å². The molecule has 1 aromatic carbocycles. The van der Waals surface area contributed by atoms with Crippen molar-refractivity contribution >= 4 is 11.3 Å². The van der Waals surface area contributed by atoms with Crippen LogP contribution in [0.4, 0.5) is 4.39 Å². The Bertz CT molecular complexity index is 557. The summed E-state index contributed by atoms with van der Waals surface area (Å²) in [5.41, 5.74) is 1.48. The van der Waals surface area contributed by atoms with E-state index in [1.165, 1.54) is 6.07 Å². The Morgan fingerprint density at radius 3 is 2.86 bits per heavy atom. The number of aromatic nitrogens is 1. The van der Waals surface area contributed by atoms with Gasteiger partial charge in [0.15, 0.2) is 0 Å². The second kappa shape index (κ2) is 8.22. The Kier molecular flexibility index (Phi) is 6.29. The average molecular weight is 308 g/mol. The summed E-state index contributed by atoms with van der Waals surface area (Å²) in [5.74, 6) is 0.405. The van der Waals surface area contributed by atoms with E-state index < -0.39 is 0 Å². The third kappa shape index (κ3) is 5.53. The first-order valence-electron chi connectivity index (χ1n) is 7.10. The molecule has 0 bridgehead atoms. The fraction of sp³-hybridized carbons (Fsp3) is 0.438. The van der Waals surface area contributed by atoms with Crippen LogP contribution in [0.3, 0.4) is 0 Å². The zero-order valence-electron chi connectivity index (χ0n) is 12.4. The summed E-state index contributed by atoms with van der Waals surface area (Å²) < 4.78 is 18.9. The fourth-order valence-electron chi connectivity index (χ4n) is 1.85. The van der Waals surface area contributed by atoms with Crippen LogP contribution in [0.15, 0.2) is 29.6 Å². The van der Waals surface area contributed by atoms with E-state index in [-0.39, 0.29) is 12.4 Å². The lowest BCUT2D eigenvalue weighted by Crippen LogP contribution is -2.18. The zero-order valence-corrected chi connectivity index (χ0v) is 13.3. The summed E-state index contributed by atoms with van der Waals surface area (Å²) in [6.45, 7) is 6.81. The van der Waals surface area contributed by atoms with E-state index in [9.17, 15) is 4.39 Å². The Balaban J connectivity index is 1.74. The van der Waals surface area contributed by atoms with Crippen LogP contribution in [-0.2, 0) is 24.5 Å². The quantitative estimate of drug-likeness (QED) is 0.806. The average Bonchev–Trinajstić information content (AvgIpc) is 2.88. The van der Waals surface area contributed by atoms with E-state index in [0.29, 0.717) is 18.1 Å².